The molecule has 112 valence electrons. The van der Waals surface area contributed by atoms with E-state index < -0.39 is 11.6 Å². The van der Waals surface area contributed by atoms with Gasteiger partial charge in [-0.25, -0.2) is 18.7 Å². The lowest BCUT2D eigenvalue weighted by Crippen LogP contribution is -2.08. The van der Waals surface area contributed by atoms with Gasteiger partial charge in [-0.15, -0.1) is 0 Å². The molecule has 1 N–H and O–H groups in total. The maximum absolute atomic E-state index is 13.8. The van der Waals surface area contributed by atoms with Gasteiger partial charge in [-0.1, -0.05) is 15.9 Å². The van der Waals surface area contributed by atoms with E-state index in [9.17, 15) is 8.78 Å². The fourth-order valence-electron chi connectivity index (χ4n) is 1.77. The topological polar surface area (TPSA) is 56.3 Å². The van der Waals surface area contributed by atoms with Crippen molar-refractivity contribution in [3.63, 3.8) is 0 Å². The number of anilines is 1. The summed E-state index contributed by atoms with van der Waals surface area (Å²) in [7, 11) is 2.87. The van der Waals surface area contributed by atoms with Crippen LogP contribution in [0.4, 0.5) is 14.5 Å². The predicted molar refractivity (Wildman–Crippen MR) is 76.5 cm³/mol. The van der Waals surface area contributed by atoms with E-state index in [0.717, 1.165) is 0 Å². The third-order valence-electron chi connectivity index (χ3n) is 2.70. The van der Waals surface area contributed by atoms with Gasteiger partial charge in [0.2, 0.25) is 11.8 Å². The largest absolute Gasteiger partial charge is 0.481 e. The van der Waals surface area contributed by atoms with Crippen LogP contribution in [0, 0.1) is 11.6 Å². The molecule has 8 heteroatoms. The van der Waals surface area contributed by atoms with Crippen LogP contribution < -0.4 is 14.8 Å². The summed E-state index contributed by atoms with van der Waals surface area (Å²) in [5.41, 5.74) is 0.218. The average Bonchev–Trinajstić information content (AvgIpc) is 2.45. The Bertz CT molecular complexity index is 610. The lowest BCUT2D eigenvalue weighted by molar-refractivity contribution is 0.363. The van der Waals surface area contributed by atoms with Crippen molar-refractivity contribution in [2.75, 3.05) is 19.5 Å². The summed E-state index contributed by atoms with van der Waals surface area (Å²) >= 11 is 3.02. The molecule has 0 aliphatic heterocycles. The van der Waals surface area contributed by atoms with Gasteiger partial charge in [0.25, 0.3) is 0 Å². The fourth-order valence-corrected chi connectivity index (χ4v) is 2.17. The first-order valence-corrected chi connectivity index (χ1v) is 6.66. The van der Waals surface area contributed by atoms with E-state index in [0.29, 0.717) is 10.0 Å². The molecule has 0 saturated carbocycles. The van der Waals surface area contributed by atoms with Gasteiger partial charge in [0, 0.05) is 4.47 Å². The number of ether oxygens (including phenoxy) is 2. The van der Waals surface area contributed by atoms with Crippen LogP contribution in [0.5, 0.6) is 11.8 Å². The zero-order chi connectivity index (χ0) is 15.4. The highest BCUT2D eigenvalue weighted by Gasteiger charge is 2.15. The molecule has 0 atom stereocenters. The highest BCUT2D eigenvalue weighted by atomic mass is 79.9. The Balaban J connectivity index is 2.28. The molecule has 21 heavy (non-hydrogen) atoms. The van der Waals surface area contributed by atoms with Gasteiger partial charge >= 0.3 is 0 Å². The molecule has 0 spiro atoms. The quantitative estimate of drug-likeness (QED) is 0.888. The molecule has 1 heterocycles. The number of nitrogens with one attached hydrogen (secondary N) is 1. The molecule has 0 radical (unpaired) electrons. The van der Waals surface area contributed by atoms with E-state index >= 15 is 0 Å². The van der Waals surface area contributed by atoms with E-state index in [4.69, 9.17) is 9.47 Å². The van der Waals surface area contributed by atoms with Crippen molar-refractivity contribution in [2.24, 2.45) is 0 Å². The second kappa shape index (κ2) is 6.66. The fraction of sp³-hybridized carbons (Fsp3) is 0.231. The van der Waals surface area contributed by atoms with Crippen LogP contribution in [0.15, 0.2) is 22.9 Å². The van der Waals surface area contributed by atoms with Gasteiger partial charge in [-0.2, -0.15) is 0 Å². The summed E-state index contributed by atoms with van der Waals surface area (Å²) < 4.78 is 38.0. The molecule has 0 fully saturated rings. The van der Waals surface area contributed by atoms with Gasteiger partial charge < -0.3 is 14.8 Å². The van der Waals surface area contributed by atoms with E-state index in [1.807, 2.05) is 0 Å². The van der Waals surface area contributed by atoms with Crippen LogP contribution in [0.25, 0.3) is 0 Å². The Morgan fingerprint density at radius 3 is 2.10 bits per heavy atom. The van der Waals surface area contributed by atoms with Gasteiger partial charge in [-0.3, -0.25) is 0 Å². The molecular formula is C13H12BrF2N3O2. The number of aromatic nitrogens is 2. The minimum absolute atomic E-state index is 0.0443. The zero-order valence-corrected chi connectivity index (χ0v) is 12.9. The monoisotopic (exact) mass is 359 g/mol. The van der Waals surface area contributed by atoms with E-state index in [1.165, 1.54) is 32.7 Å². The van der Waals surface area contributed by atoms with Gasteiger partial charge in [-0.05, 0) is 12.1 Å². The first kappa shape index (κ1) is 15.4. The molecule has 0 aliphatic rings. The van der Waals surface area contributed by atoms with E-state index in [-0.39, 0.29) is 24.0 Å². The first-order chi connectivity index (χ1) is 10.1. The van der Waals surface area contributed by atoms with Crippen molar-refractivity contribution in [3.05, 3.63) is 40.1 Å². The lowest BCUT2D eigenvalue weighted by atomic mass is 10.2. The van der Waals surface area contributed by atoms with Crippen molar-refractivity contribution >= 4 is 21.6 Å². The summed E-state index contributed by atoms with van der Waals surface area (Å²) in [6, 6.07) is 2.34. The smallest absolute Gasteiger partial charge is 0.225 e. The maximum atomic E-state index is 13.8. The molecular weight excluding hydrogens is 348 g/mol. The molecule has 1 aromatic carbocycles. The molecule has 2 aromatic rings. The van der Waals surface area contributed by atoms with Crippen molar-refractivity contribution in [2.45, 2.75) is 6.54 Å². The Morgan fingerprint density at radius 1 is 1.10 bits per heavy atom. The SMILES string of the molecule is COc1ncnc(OC)c1CNc1c(F)cc(Br)cc1F. The Morgan fingerprint density at radius 2 is 1.62 bits per heavy atom. The number of halogens is 3. The van der Waals surface area contributed by atoms with Crippen LogP contribution in [-0.4, -0.2) is 24.2 Å². The highest BCUT2D eigenvalue weighted by molar-refractivity contribution is 9.10. The lowest BCUT2D eigenvalue weighted by Gasteiger charge is -2.13. The van der Waals surface area contributed by atoms with Gasteiger partial charge in [0.1, 0.15) is 23.6 Å². The van der Waals surface area contributed by atoms with Gasteiger partial charge in [0.15, 0.2) is 0 Å². The molecule has 2 rings (SSSR count). The molecule has 0 unspecified atom stereocenters. The summed E-state index contributed by atoms with van der Waals surface area (Å²) in [4.78, 5) is 7.86. The van der Waals surface area contributed by atoms with Gasteiger partial charge in [0.05, 0.1) is 26.3 Å². The maximum Gasteiger partial charge on any atom is 0.225 e. The third-order valence-corrected chi connectivity index (χ3v) is 3.16. The molecule has 5 nitrogen and oxygen atoms in total. The van der Waals surface area contributed by atoms with Crippen LogP contribution in [0.3, 0.4) is 0 Å². The normalized spacial score (nSPS) is 10.3. The number of hydrogen-bond acceptors (Lipinski definition) is 5. The molecule has 0 aliphatic carbocycles. The number of rotatable bonds is 5. The van der Waals surface area contributed by atoms with Crippen LogP contribution in [0.2, 0.25) is 0 Å². The second-order valence-electron chi connectivity index (χ2n) is 3.97. The third kappa shape index (κ3) is 3.38. The first-order valence-electron chi connectivity index (χ1n) is 5.87. The summed E-state index contributed by atoms with van der Waals surface area (Å²) in [5.74, 6) is -0.882. The predicted octanol–water partition coefficient (Wildman–Crippen LogP) is 3.15. The van der Waals surface area contributed by atoms with E-state index in [1.54, 1.807) is 0 Å². The summed E-state index contributed by atoms with van der Waals surface area (Å²) in [6.45, 7) is 0.0443. The Labute approximate surface area is 128 Å². The summed E-state index contributed by atoms with van der Waals surface area (Å²) in [5, 5.41) is 2.66. The van der Waals surface area contributed by atoms with Crippen molar-refractivity contribution < 1.29 is 18.3 Å². The zero-order valence-electron chi connectivity index (χ0n) is 11.3. The van der Waals surface area contributed by atoms with Crippen LogP contribution in [-0.2, 0) is 6.54 Å². The van der Waals surface area contributed by atoms with Crippen molar-refractivity contribution in [1.29, 1.82) is 0 Å². The standard InChI is InChI=1S/C13H12BrF2N3O2/c1-20-12-8(13(21-2)19-6-18-12)5-17-11-9(15)3-7(14)4-10(11)16/h3-4,6,17H,5H2,1-2H3. The molecule has 0 saturated heterocycles. The van der Waals surface area contributed by atoms with Crippen LogP contribution >= 0.6 is 15.9 Å². The number of methoxy groups -OCH3 is 2. The number of nitrogens with zero attached hydrogens (tertiary/aromatic N) is 2. The highest BCUT2D eigenvalue weighted by Crippen LogP contribution is 2.27. The van der Waals surface area contributed by atoms with E-state index in [2.05, 4.69) is 31.2 Å². The summed E-state index contributed by atoms with van der Waals surface area (Å²) in [6.07, 6.45) is 1.28. The minimum atomic E-state index is -0.711. The minimum Gasteiger partial charge on any atom is -0.481 e. The molecule has 1 aromatic heterocycles. The Kier molecular flexibility index (Phi) is 4.89. The Hall–Kier alpha value is -1.96. The average molecular weight is 360 g/mol. The van der Waals surface area contributed by atoms with Crippen molar-refractivity contribution in [1.82, 2.24) is 9.97 Å². The van der Waals surface area contributed by atoms with Crippen molar-refractivity contribution in [3.8, 4) is 11.8 Å². The molecule has 0 bridgehead atoms. The number of benzene rings is 1. The number of hydrogen-bond donors (Lipinski definition) is 1. The second-order valence-corrected chi connectivity index (χ2v) is 4.88. The van der Waals surface area contributed by atoms with Crippen LogP contribution in [0.1, 0.15) is 5.56 Å². The molecule has 0 amide bonds.